The van der Waals surface area contributed by atoms with Crippen molar-refractivity contribution in [2.75, 3.05) is 26.7 Å². The van der Waals surface area contributed by atoms with Gasteiger partial charge in [-0.25, -0.2) is 0 Å². The summed E-state index contributed by atoms with van der Waals surface area (Å²) in [4.78, 5) is 15.0. The van der Waals surface area contributed by atoms with Crippen molar-refractivity contribution in [2.24, 2.45) is 0 Å². The molecule has 1 N–H and O–H groups in total. The second-order valence-electron chi connectivity index (χ2n) is 6.54. The smallest absolute Gasteiger partial charge is 0.251 e. The van der Waals surface area contributed by atoms with Gasteiger partial charge in [-0.1, -0.05) is 43.7 Å². The summed E-state index contributed by atoms with van der Waals surface area (Å²) in [5.41, 5.74) is 4.05. The Labute approximate surface area is 157 Å². The van der Waals surface area contributed by atoms with Crippen molar-refractivity contribution >= 4 is 5.91 Å². The number of nitrogens with zero attached hydrogens (tertiary/aromatic N) is 1. The predicted molar refractivity (Wildman–Crippen MR) is 107 cm³/mol. The van der Waals surface area contributed by atoms with Crippen molar-refractivity contribution in [1.82, 2.24) is 10.2 Å². The van der Waals surface area contributed by atoms with Crippen LogP contribution >= 0.6 is 0 Å². The average molecular weight is 354 g/mol. The zero-order chi connectivity index (χ0) is 19.1. The van der Waals surface area contributed by atoms with Crippen LogP contribution in [0.5, 0.6) is 5.75 Å². The minimum Gasteiger partial charge on any atom is -0.497 e. The second-order valence-corrected chi connectivity index (χ2v) is 6.54. The maximum Gasteiger partial charge on any atom is 0.251 e. The van der Waals surface area contributed by atoms with Crippen LogP contribution in [0.25, 0.3) is 0 Å². The summed E-state index contributed by atoms with van der Waals surface area (Å²) in [5.74, 6) is 0.808. The number of rotatable bonds is 8. The number of amides is 1. The zero-order valence-corrected chi connectivity index (χ0v) is 16.5. The van der Waals surface area contributed by atoms with Crippen LogP contribution in [0, 0.1) is 13.8 Å². The fraction of sp³-hybridized carbons (Fsp3) is 0.409. The first-order valence-corrected chi connectivity index (χ1v) is 9.23. The molecule has 0 saturated carbocycles. The maximum atomic E-state index is 12.7. The standard InChI is InChI=1S/C22H30N2O2/c1-6-24(7-2)21(18-9-8-10-19(14-18)26-5)15-23-22(25)20-12-11-16(3)13-17(20)4/h8-14,21H,6-7,15H2,1-5H3,(H,23,25). The molecule has 0 bridgehead atoms. The van der Waals surface area contributed by atoms with Gasteiger partial charge in [0.25, 0.3) is 5.91 Å². The van der Waals surface area contributed by atoms with Gasteiger partial charge in [0.2, 0.25) is 0 Å². The molecule has 0 aliphatic heterocycles. The first kappa shape index (κ1) is 20.0. The van der Waals surface area contributed by atoms with Gasteiger partial charge in [-0.2, -0.15) is 0 Å². The normalized spacial score (nSPS) is 12.1. The minimum atomic E-state index is -0.0254. The van der Waals surface area contributed by atoms with E-state index in [1.807, 2.05) is 50.2 Å². The molecule has 1 unspecified atom stereocenters. The van der Waals surface area contributed by atoms with Crippen molar-refractivity contribution in [3.8, 4) is 5.75 Å². The highest BCUT2D eigenvalue weighted by molar-refractivity contribution is 5.95. The van der Waals surface area contributed by atoms with Crippen molar-refractivity contribution in [2.45, 2.75) is 33.7 Å². The fourth-order valence-corrected chi connectivity index (χ4v) is 3.32. The van der Waals surface area contributed by atoms with Gasteiger partial charge in [-0.05, 0) is 56.3 Å². The number of aryl methyl sites for hydroxylation is 2. The largest absolute Gasteiger partial charge is 0.497 e. The summed E-state index contributed by atoms with van der Waals surface area (Å²) in [5, 5.41) is 3.12. The molecule has 0 aliphatic rings. The molecule has 2 rings (SSSR count). The lowest BCUT2D eigenvalue weighted by Gasteiger charge is -2.30. The highest BCUT2D eigenvalue weighted by atomic mass is 16.5. The van der Waals surface area contributed by atoms with Gasteiger partial charge in [0.1, 0.15) is 5.75 Å². The number of benzene rings is 2. The van der Waals surface area contributed by atoms with Gasteiger partial charge < -0.3 is 10.1 Å². The van der Waals surface area contributed by atoms with E-state index >= 15 is 0 Å². The van der Waals surface area contributed by atoms with Crippen LogP contribution in [-0.4, -0.2) is 37.6 Å². The highest BCUT2D eigenvalue weighted by Gasteiger charge is 2.20. The molecule has 2 aromatic rings. The molecule has 0 aromatic heterocycles. The van der Waals surface area contributed by atoms with E-state index in [0.29, 0.717) is 6.54 Å². The molecule has 140 valence electrons. The van der Waals surface area contributed by atoms with Crippen molar-refractivity contribution < 1.29 is 9.53 Å². The monoisotopic (exact) mass is 354 g/mol. The zero-order valence-electron chi connectivity index (χ0n) is 16.5. The van der Waals surface area contributed by atoms with Crippen LogP contribution in [0.3, 0.4) is 0 Å². The van der Waals surface area contributed by atoms with E-state index in [0.717, 1.165) is 41.1 Å². The van der Waals surface area contributed by atoms with E-state index in [1.54, 1.807) is 7.11 Å². The van der Waals surface area contributed by atoms with Gasteiger partial charge >= 0.3 is 0 Å². The van der Waals surface area contributed by atoms with Crippen LogP contribution in [0.1, 0.15) is 46.9 Å². The molecule has 26 heavy (non-hydrogen) atoms. The molecule has 0 spiro atoms. The number of methoxy groups -OCH3 is 1. The molecule has 0 fully saturated rings. The van der Waals surface area contributed by atoms with Gasteiger partial charge in [-0.15, -0.1) is 0 Å². The Balaban J connectivity index is 2.19. The lowest BCUT2D eigenvalue weighted by molar-refractivity contribution is 0.0934. The number of nitrogens with one attached hydrogen (secondary N) is 1. The SMILES string of the molecule is CCN(CC)C(CNC(=O)c1ccc(C)cc1C)c1cccc(OC)c1. The summed E-state index contributed by atoms with van der Waals surface area (Å²) in [7, 11) is 1.67. The van der Waals surface area contributed by atoms with E-state index in [4.69, 9.17) is 4.74 Å². The van der Waals surface area contributed by atoms with Gasteiger partial charge in [0, 0.05) is 12.1 Å². The first-order valence-electron chi connectivity index (χ1n) is 9.23. The molecule has 4 heteroatoms. The van der Waals surface area contributed by atoms with E-state index < -0.39 is 0 Å². The Bertz CT molecular complexity index is 739. The van der Waals surface area contributed by atoms with Crippen molar-refractivity contribution in [3.05, 3.63) is 64.7 Å². The summed E-state index contributed by atoms with van der Waals surface area (Å²) >= 11 is 0. The molecular formula is C22H30N2O2. The molecule has 4 nitrogen and oxygen atoms in total. The third-order valence-electron chi connectivity index (χ3n) is 4.81. The Kier molecular flexibility index (Phi) is 7.22. The Morgan fingerprint density at radius 3 is 2.46 bits per heavy atom. The van der Waals surface area contributed by atoms with E-state index in [1.165, 1.54) is 0 Å². The number of hydrogen-bond donors (Lipinski definition) is 1. The van der Waals surface area contributed by atoms with E-state index in [9.17, 15) is 4.79 Å². The van der Waals surface area contributed by atoms with Crippen LogP contribution in [-0.2, 0) is 0 Å². The van der Waals surface area contributed by atoms with Crippen molar-refractivity contribution in [1.29, 1.82) is 0 Å². The summed E-state index contributed by atoms with van der Waals surface area (Å²) in [6, 6.07) is 14.1. The first-order chi connectivity index (χ1) is 12.5. The Morgan fingerprint density at radius 2 is 1.85 bits per heavy atom. The summed E-state index contributed by atoms with van der Waals surface area (Å²) in [6.45, 7) is 10.7. The molecule has 0 aliphatic carbocycles. The van der Waals surface area contributed by atoms with Gasteiger partial charge in [0.05, 0.1) is 13.2 Å². The minimum absolute atomic E-state index is 0.0254. The lowest BCUT2D eigenvalue weighted by atomic mass is 10.0. The lowest BCUT2D eigenvalue weighted by Crippen LogP contribution is -2.38. The second kappa shape index (κ2) is 9.39. The molecule has 1 amide bonds. The van der Waals surface area contributed by atoms with Crippen LogP contribution in [0.15, 0.2) is 42.5 Å². The average Bonchev–Trinajstić information content (AvgIpc) is 2.65. The summed E-state index contributed by atoms with van der Waals surface area (Å²) < 4.78 is 5.37. The number of likely N-dealkylation sites (N-methyl/N-ethyl adjacent to an activating group) is 1. The third kappa shape index (κ3) is 4.85. The van der Waals surface area contributed by atoms with Crippen LogP contribution < -0.4 is 10.1 Å². The Morgan fingerprint density at radius 1 is 1.12 bits per heavy atom. The third-order valence-corrected chi connectivity index (χ3v) is 4.81. The number of carbonyl (C=O) groups excluding carboxylic acids is 1. The molecular weight excluding hydrogens is 324 g/mol. The molecule has 0 heterocycles. The van der Waals surface area contributed by atoms with Crippen LogP contribution in [0.2, 0.25) is 0 Å². The van der Waals surface area contributed by atoms with E-state index in [2.05, 4.69) is 30.1 Å². The van der Waals surface area contributed by atoms with E-state index in [-0.39, 0.29) is 11.9 Å². The Hall–Kier alpha value is -2.33. The molecule has 0 saturated heterocycles. The molecule has 2 aromatic carbocycles. The summed E-state index contributed by atoms with van der Waals surface area (Å²) in [6.07, 6.45) is 0. The number of hydrogen-bond acceptors (Lipinski definition) is 3. The topological polar surface area (TPSA) is 41.6 Å². The maximum absolute atomic E-state index is 12.7. The molecule has 1 atom stereocenters. The number of ether oxygens (including phenoxy) is 1. The predicted octanol–water partition coefficient (Wildman–Crippen LogP) is 4.12. The van der Waals surface area contributed by atoms with Gasteiger partial charge in [-0.3, -0.25) is 9.69 Å². The fourth-order valence-electron chi connectivity index (χ4n) is 3.32. The molecule has 0 radical (unpaired) electrons. The number of carbonyl (C=O) groups is 1. The quantitative estimate of drug-likeness (QED) is 0.775. The van der Waals surface area contributed by atoms with Crippen molar-refractivity contribution in [3.63, 3.8) is 0 Å². The van der Waals surface area contributed by atoms with Gasteiger partial charge in [0.15, 0.2) is 0 Å². The highest BCUT2D eigenvalue weighted by Crippen LogP contribution is 2.24. The van der Waals surface area contributed by atoms with Crippen LogP contribution in [0.4, 0.5) is 0 Å².